The molecule has 0 spiro atoms. The second-order valence-electron chi connectivity index (χ2n) is 6.37. The normalized spacial score (nSPS) is 17.6. The van der Waals surface area contributed by atoms with Crippen LogP contribution in [-0.4, -0.2) is 39.1 Å². The summed E-state index contributed by atoms with van der Waals surface area (Å²) in [6.45, 7) is 2.90. The van der Waals surface area contributed by atoms with E-state index in [0.717, 1.165) is 31.1 Å². The maximum absolute atomic E-state index is 4.26. The third-order valence-electron chi connectivity index (χ3n) is 4.60. The molecule has 0 radical (unpaired) electrons. The summed E-state index contributed by atoms with van der Waals surface area (Å²) in [6.07, 6.45) is 7.84. The molecule has 6 heteroatoms. The number of hydrogen-bond acceptors (Lipinski definition) is 5. The summed E-state index contributed by atoms with van der Waals surface area (Å²) in [5, 5.41) is 16.2. The first kappa shape index (κ1) is 15.8. The summed E-state index contributed by atoms with van der Waals surface area (Å²) in [4.78, 5) is 2.31. The summed E-state index contributed by atoms with van der Waals surface area (Å²) in [6, 6.07) is 14.9. The summed E-state index contributed by atoms with van der Waals surface area (Å²) < 4.78 is 1.87. The molecular weight excluding hydrogens is 312 g/mol. The largest absolute Gasteiger partial charge is 0.354 e. The fourth-order valence-electron chi connectivity index (χ4n) is 3.26. The Morgan fingerprint density at radius 2 is 2.00 bits per heavy atom. The maximum Gasteiger partial charge on any atom is 0.151 e. The molecule has 4 rings (SSSR count). The summed E-state index contributed by atoms with van der Waals surface area (Å²) in [7, 11) is 0. The maximum atomic E-state index is 4.26. The Morgan fingerprint density at radius 3 is 2.76 bits per heavy atom. The van der Waals surface area contributed by atoms with Crippen LogP contribution < -0.4 is 10.2 Å². The Morgan fingerprint density at radius 1 is 1.08 bits per heavy atom. The molecule has 0 unspecified atom stereocenters. The molecule has 1 atom stereocenters. The molecule has 25 heavy (non-hydrogen) atoms. The van der Waals surface area contributed by atoms with E-state index in [1.165, 1.54) is 18.4 Å². The summed E-state index contributed by atoms with van der Waals surface area (Å²) in [5.41, 5.74) is 2.37. The average molecular weight is 334 g/mol. The summed E-state index contributed by atoms with van der Waals surface area (Å²) in [5.74, 6) is 0.970. The molecule has 0 bridgehead atoms. The van der Waals surface area contributed by atoms with E-state index in [-0.39, 0.29) is 0 Å². The first-order chi connectivity index (χ1) is 12.4. The van der Waals surface area contributed by atoms with Gasteiger partial charge in [0.1, 0.15) is 0 Å². The molecule has 0 aliphatic carbocycles. The third-order valence-corrected chi connectivity index (χ3v) is 4.60. The van der Waals surface area contributed by atoms with Crippen LogP contribution in [-0.2, 0) is 6.54 Å². The van der Waals surface area contributed by atoms with Crippen LogP contribution in [0.2, 0.25) is 0 Å². The van der Waals surface area contributed by atoms with Crippen molar-refractivity contribution >= 4 is 5.82 Å². The van der Waals surface area contributed by atoms with Crippen molar-refractivity contribution in [1.29, 1.82) is 0 Å². The van der Waals surface area contributed by atoms with Gasteiger partial charge in [-0.15, -0.1) is 5.10 Å². The smallest absolute Gasteiger partial charge is 0.151 e. The van der Waals surface area contributed by atoms with Crippen LogP contribution in [0.1, 0.15) is 18.4 Å². The number of hydrogen-bond donors (Lipinski definition) is 1. The van der Waals surface area contributed by atoms with Crippen molar-refractivity contribution in [1.82, 2.24) is 25.3 Å². The van der Waals surface area contributed by atoms with Gasteiger partial charge in [0, 0.05) is 44.3 Å². The van der Waals surface area contributed by atoms with Gasteiger partial charge in [0.05, 0.1) is 5.69 Å². The monoisotopic (exact) mass is 334 g/mol. The van der Waals surface area contributed by atoms with Crippen LogP contribution in [0.4, 0.5) is 5.82 Å². The second-order valence-corrected chi connectivity index (χ2v) is 6.37. The zero-order chi connectivity index (χ0) is 16.9. The lowest BCUT2D eigenvalue weighted by atomic mass is 10.1. The minimum atomic E-state index is 0.474. The highest BCUT2D eigenvalue weighted by Gasteiger charge is 2.20. The van der Waals surface area contributed by atoms with Gasteiger partial charge in [0.2, 0.25) is 0 Å². The number of nitrogens with zero attached hydrogens (tertiary/aromatic N) is 5. The van der Waals surface area contributed by atoms with E-state index in [9.17, 15) is 0 Å². The lowest BCUT2D eigenvalue weighted by Crippen LogP contribution is -2.45. The highest BCUT2D eigenvalue weighted by Crippen LogP contribution is 2.17. The Hall–Kier alpha value is -2.73. The quantitative estimate of drug-likeness (QED) is 0.776. The van der Waals surface area contributed by atoms with Crippen molar-refractivity contribution < 1.29 is 0 Å². The lowest BCUT2D eigenvalue weighted by Gasteiger charge is -2.33. The Labute approximate surface area is 147 Å². The fourth-order valence-corrected chi connectivity index (χ4v) is 3.26. The molecule has 2 aromatic heterocycles. The van der Waals surface area contributed by atoms with Crippen molar-refractivity contribution in [2.75, 3.05) is 18.0 Å². The van der Waals surface area contributed by atoms with E-state index in [0.29, 0.717) is 6.04 Å². The van der Waals surface area contributed by atoms with Gasteiger partial charge in [0.25, 0.3) is 0 Å². The van der Waals surface area contributed by atoms with Crippen LogP contribution in [0.3, 0.4) is 0 Å². The van der Waals surface area contributed by atoms with Crippen LogP contribution in [0, 0.1) is 0 Å². The van der Waals surface area contributed by atoms with Gasteiger partial charge in [-0.1, -0.05) is 12.1 Å². The first-order valence-corrected chi connectivity index (χ1v) is 8.73. The van der Waals surface area contributed by atoms with Crippen molar-refractivity contribution in [3.8, 4) is 5.69 Å². The summed E-state index contributed by atoms with van der Waals surface area (Å²) >= 11 is 0. The van der Waals surface area contributed by atoms with Gasteiger partial charge in [-0.05, 0) is 48.7 Å². The predicted octanol–water partition coefficient (Wildman–Crippen LogP) is 2.42. The van der Waals surface area contributed by atoms with Gasteiger partial charge in [-0.3, -0.25) is 0 Å². The third kappa shape index (κ3) is 3.85. The van der Waals surface area contributed by atoms with Gasteiger partial charge >= 0.3 is 0 Å². The molecular formula is C19H22N6. The zero-order valence-corrected chi connectivity index (χ0v) is 14.1. The number of aromatic nitrogens is 4. The standard InChI is InChI=1S/C19H22N6/c1-5-19(23-21-10-1)24-12-2-4-17(15-24)20-14-16-6-8-18(9-7-16)25-13-3-11-22-25/h1,3,5-11,13,17,20H,2,4,12,14-15H2/t17-/m1/s1. The van der Waals surface area contributed by atoms with E-state index in [1.807, 2.05) is 29.1 Å². The number of piperidine rings is 1. The predicted molar refractivity (Wildman–Crippen MR) is 97.7 cm³/mol. The Bertz CT molecular complexity index is 769. The Balaban J connectivity index is 1.33. The van der Waals surface area contributed by atoms with Gasteiger partial charge in [-0.25, -0.2) is 4.68 Å². The number of rotatable bonds is 5. The van der Waals surface area contributed by atoms with Crippen molar-refractivity contribution in [3.05, 3.63) is 66.6 Å². The molecule has 1 aliphatic heterocycles. The van der Waals surface area contributed by atoms with E-state index < -0.39 is 0 Å². The van der Waals surface area contributed by atoms with Crippen molar-refractivity contribution in [2.24, 2.45) is 0 Å². The zero-order valence-electron chi connectivity index (χ0n) is 14.1. The van der Waals surface area contributed by atoms with Crippen LogP contribution in [0.5, 0.6) is 0 Å². The van der Waals surface area contributed by atoms with E-state index in [4.69, 9.17) is 0 Å². The average Bonchev–Trinajstić information content (AvgIpc) is 3.23. The van der Waals surface area contributed by atoms with Gasteiger partial charge in [0.15, 0.2) is 5.82 Å². The molecule has 3 heterocycles. The highest BCUT2D eigenvalue weighted by atomic mass is 15.3. The van der Waals surface area contributed by atoms with Crippen molar-refractivity contribution in [2.45, 2.75) is 25.4 Å². The molecule has 1 fully saturated rings. The van der Waals surface area contributed by atoms with E-state index >= 15 is 0 Å². The Kier molecular flexibility index (Phi) is 4.70. The topological polar surface area (TPSA) is 58.9 Å². The minimum Gasteiger partial charge on any atom is -0.354 e. The van der Waals surface area contributed by atoms with E-state index in [1.54, 1.807) is 12.4 Å². The van der Waals surface area contributed by atoms with Crippen LogP contribution in [0.15, 0.2) is 61.1 Å². The minimum absolute atomic E-state index is 0.474. The molecule has 128 valence electrons. The number of anilines is 1. The van der Waals surface area contributed by atoms with Crippen LogP contribution >= 0.6 is 0 Å². The molecule has 1 aliphatic rings. The van der Waals surface area contributed by atoms with Crippen LogP contribution in [0.25, 0.3) is 5.69 Å². The number of nitrogens with one attached hydrogen (secondary N) is 1. The molecule has 1 aromatic carbocycles. The SMILES string of the molecule is c1cnnc(N2CCC[C@@H](NCc3ccc(-n4cccn4)cc3)C2)c1. The molecule has 6 nitrogen and oxygen atoms in total. The molecule has 1 saturated heterocycles. The van der Waals surface area contributed by atoms with E-state index in [2.05, 4.69) is 49.8 Å². The molecule has 0 saturated carbocycles. The van der Waals surface area contributed by atoms with Crippen molar-refractivity contribution in [3.63, 3.8) is 0 Å². The molecule has 3 aromatic rings. The second kappa shape index (κ2) is 7.44. The number of benzene rings is 1. The van der Waals surface area contributed by atoms with Gasteiger partial charge < -0.3 is 10.2 Å². The highest BCUT2D eigenvalue weighted by molar-refractivity contribution is 5.37. The first-order valence-electron chi connectivity index (χ1n) is 8.73. The molecule has 0 amide bonds. The molecule has 1 N–H and O–H groups in total. The van der Waals surface area contributed by atoms with Gasteiger partial charge in [-0.2, -0.15) is 10.2 Å². The fraction of sp³-hybridized carbons (Fsp3) is 0.316. The lowest BCUT2D eigenvalue weighted by molar-refractivity contribution is 0.419.